The first kappa shape index (κ1) is 21.1. The minimum Gasteiger partial charge on any atom is -0.507 e. The van der Waals surface area contributed by atoms with Crippen molar-refractivity contribution in [3.63, 3.8) is 0 Å². The number of aryl methyl sites for hydroxylation is 2. The third-order valence-electron chi connectivity index (χ3n) is 4.68. The fraction of sp³-hybridized carbons (Fsp3) is 0.125. The van der Waals surface area contributed by atoms with Gasteiger partial charge in [0.2, 0.25) is 0 Å². The zero-order chi connectivity index (χ0) is 22.0. The largest absolute Gasteiger partial charge is 0.507 e. The molecule has 0 aliphatic carbocycles. The lowest BCUT2D eigenvalue weighted by Gasteiger charge is -2.11. The number of aromatic hydroxyl groups is 1. The Balaban J connectivity index is 1.53. The minimum atomic E-state index is 0.0363. The molecule has 31 heavy (non-hydrogen) atoms. The van der Waals surface area contributed by atoms with Gasteiger partial charge in [-0.25, -0.2) is 0 Å². The Morgan fingerprint density at radius 3 is 2.42 bits per heavy atom. The number of halogens is 2. The molecular formula is C24H20Cl2N2O3. The van der Waals surface area contributed by atoms with E-state index in [2.05, 4.69) is 16.3 Å². The quantitative estimate of drug-likeness (QED) is 0.326. The molecule has 3 aromatic carbocycles. The van der Waals surface area contributed by atoms with Crippen LogP contribution in [0.2, 0.25) is 10.0 Å². The van der Waals surface area contributed by atoms with Gasteiger partial charge in [0, 0.05) is 27.2 Å². The molecule has 0 saturated heterocycles. The van der Waals surface area contributed by atoms with E-state index in [0.29, 0.717) is 38.6 Å². The van der Waals surface area contributed by atoms with Crippen LogP contribution in [0.4, 0.5) is 0 Å². The molecule has 0 aliphatic rings. The molecule has 1 heterocycles. The smallest absolute Gasteiger partial charge is 0.173 e. The van der Waals surface area contributed by atoms with Gasteiger partial charge in [-0.1, -0.05) is 35.3 Å². The molecule has 2 N–H and O–H groups in total. The molecule has 4 rings (SSSR count). The maximum absolute atomic E-state index is 10.6. The second-order valence-corrected chi connectivity index (χ2v) is 8.08. The molecule has 7 heteroatoms. The van der Waals surface area contributed by atoms with Crippen molar-refractivity contribution in [2.24, 2.45) is 0 Å². The Hall–Kier alpha value is -3.15. The molecule has 1 aromatic heterocycles. The molecule has 0 atom stereocenters. The number of H-pyrrole nitrogens is 1. The highest BCUT2D eigenvalue weighted by molar-refractivity contribution is 6.35. The Morgan fingerprint density at radius 2 is 1.71 bits per heavy atom. The first-order valence-electron chi connectivity index (χ1n) is 9.58. The minimum absolute atomic E-state index is 0.0363. The van der Waals surface area contributed by atoms with Crippen LogP contribution >= 0.6 is 23.2 Å². The number of rotatable bonds is 6. The van der Waals surface area contributed by atoms with E-state index in [1.165, 1.54) is 0 Å². The predicted octanol–water partition coefficient (Wildman–Crippen LogP) is 7.08. The number of aromatic nitrogens is 2. The highest BCUT2D eigenvalue weighted by atomic mass is 35.5. The van der Waals surface area contributed by atoms with Crippen molar-refractivity contribution in [1.29, 1.82) is 0 Å². The Labute approximate surface area is 190 Å². The van der Waals surface area contributed by atoms with Gasteiger partial charge in [0.25, 0.3) is 0 Å². The molecular weight excluding hydrogens is 435 g/mol. The fourth-order valence-electron chi connectivity index (χ4n) is 3.28. The van der Waals surface area contributed by atoms with E-state index in [-0.39, 0.29) is 12.4 Å². The topological polar surface area (TPSA) is 67.4 Å². The summed E-state index contributed by atoms with van der Waals surface area (Å²) >= 11 is 12.1. The lowest BCUT2D eigenvalue weighted by atomic mass is 10.1. The maximum atomic E-state index is 10.6. The van der Waals surface area contributed by atoms with Crippen LogP contribution in [0.5, 0.6) is 23.0 Å². The lowest BCUT2D eigenvalue weighted by Crippen LogP contribution is -1.96. The van der Waals surface area contributed by atoms with Crippen molar-refractivity contribution in [2.75, 3.05) is 0 Å². The van der Waals surface area contributed by atoms with Crippen molar-refractivity contribution in [2.45, 2.75) is 20.5 Å². The van der Waals surface area contributed by atoms with Crippen molar-refractivity contribution >= 4 is 23.2 Å². The number of hydrogen-bond donors (Lipinski definition) is 2. The predicted molar refractivity (Wildman–Crippen MR) is 122 cm³/mol. The van der Waals surface area contributed by atoms with Gasteiger partial charge in [0.1, 0.15) is 29.5 Å². The average Bonchev–Trinajstić information content (AvgIpc) is 3.14. The summed E-state index contributed by atoms with van der Waals surface area (Å²) in [4.78, 5) is 0. The number of phenols is 1. The zero-order valence-corrected chi connectivity index (χ0v) is 18.5. The molecule has 0 amide bonds. The van der Waals surface area contributed by atoms with Gasteiger partial charge in [-0.2, -0.15) is 5.10 Å². The molecule has 0 radical (unpaired) electrons. The van der Waals surface area contributed by atoms with Gasteiger partial charge >= 0.3 is 0 Å². The van der Waals surface area contributed by atoms with E-state index < -0.39 is 0 Å². The van der Waals surface area contributed by atoms with Crippen molar-refractivity contribution in [3.05, 3.63) is 87.5 Å². The molecule has 0 aliphatic heterocycles. The molecule has 4 aromatic rings. The first-order chi connectivity index (χ1) is 14.9. The number of aromatic amines is 1. The highest BCUT2D eigenvalue weighted by Crippen LogP contribution is 2.38. The van der Waals surface area contributed by atoms with E-state index in [1.807, 2.05) is 26.0 Å². The van der Waals surface area contributed by atoms with Crippen LogP contribution in [0.15, 0.2) is 60.8 Å². The molecule has 0 spiro atoms. The second-order valence-electron chi connectivity index (χ2n) is 7.24. The summed E-state index contributed by atoms with van der Waals surface area (Å²) in [5.41, 5.74) is 4.13. The second kappa shape index (κ2) is 8.92. The van der Waals surface area contributed by atoms with Crippen LogP contribution in [0.3, 0.4) is 0 Å². The van der Waals surface area contributed by atoms with Gasteiger partial charge in [0.15, 0.2) is 5.75 Å². The number of nitrogens with one attached hydrogen (secondary N) is 1. The van der Waals surface area contributed by atoms with E-state index >= 15 is 0 Å². The van der Waals surface area contributed by atoms with Crippen LogP contribution in [-0.2, 0) is 6.61 Å². The summed E-state index contributed by atoms with van der Waals surface area (Å²) in [5.74, 6) is 1.76. The van der Waals surface area contributed by atoms with Crippen LogP contribution < -0.4 is 9.47 Å². The third-order valence-corrected chi connectivity index (χ3v) is 5.26. The summed E-state index contributed by atoms with van der Waals surface area (Å²) in [7, 11) is 0. The number of nitrogens with zero attached hydrogens (tertiary/aromatic N) is 1. The molecule has 158 valence electrons. The van der Waals surface area contributed by atoms with E-state index in [0.717, 1.165) is 16.7 Å². The van der Waals surface area contributed by atoms with Gasteiger partial charge in [-0.15, -0.1) is 0 Å². The van der Waals surface area contributed by atoms with Gasteiger partial charge in [-0.3, -0.25) is 5.10 Å². The third kappa shape index (κ3) is 4.95. The molecule has 0 fully saturated rings. The van der Waals surface area contributed by atoms with Crippen molar-refractivity contribution in [3.8, 4) is 34.3 Å². The monoisotopic (exact) mass is 454 g/mol. The zero-order valence-electron chi connectivity index (χ0n) is 16.9. The number of ether oxygens (including phenoxy) is 2. The molecule has 0 bridgehead atoms. The van der Waals surface area contributed by atoms with Crippen LogP contribution in [0.25, 0.3) is 11.3 Å². The summed E-state index contributed by atoms with van der Waals surface area (Å²) in [5, 5.41) is 18.7. The molecule has 0 unspecified atom stereocenters. The molecule has 5 nitrogen and oxygen atoms in total. The van der Waals surface area contributed by atoms with Crippen LogP contribution in [0.1, 0.15) is 16.7 Å². The van der Waals surface area contributed by atoms with Crippen molar-refractivity contribution < 1.29 is 14.6 Å². The summed E-state index contributed by atoms with van der Waals surface area (Å²) in [6, 6.07) is 16.2. The Kier molecular flexibility index (Phi) is 6.07. The van der Waals surface area contributed by atoms with Crippen LogP contribution in [-0.4, -0.2) is 15.3 Å². The summed E-state index contributed by atoms with van der Waals surface area (Å²) in [6.45, 7) is 4.27. The summed E-state index contributed by atoms with van der Waals surface area (Å²) < 4.78 is 11.8. The number of phenolic OH excluding ortho intramolecular Hbond substituents is 1. The lowest BCUT2D eigenvalue weighted by molar-refractivity contribution is 0.304. The normalized spacial score (nSPS) is 10.8. The number of benzene rings is 3. The first-order valence-corrected chi connectivity index (χ1v) is 10.3. The fourth-order valence-corrected chi connectivity index (χ4v) is 3.74. The SMILES string of the molecule is Cc1cc(C)cc(Oc2cn[nH]c2-c2ccc(OCc3ccc(Cl)cc3Cl)cc2O)c1. The highest BCUT2D eigenvalue weighted by Gasteiger charge is 2.15. The van der Waals surface area contributed by atoms with Gasteiger partial charge in [-0.05, 0) is 61.4 Å². The van der Waals surface area contributed by atoms with E-state index in [9.17, 15) is 5.11 Å². The van der Waals surface area contributed by atoms with Gasteiger partial charge < -0.3 is 14.6 Å². The maximum Gasteiger partial charge on any atom is 0.173 e. The molecule has 0 saturated carbocycles. The van der Waals surface area contributed by atoms with Crippen molar-refractivity contribution in [1.82, 2.24) is 10.2 Å². The Morgan fingerprint density at radius 1 is 0.935 bits per heavy atom. The van der Waals surface area contributed by atoms with Gasteiger partial charge in [0.05, 0.1) is 6.20 Å². The van der Waals surface area contributed by atoms with E-state index in [1.54, 1.807) is 42.6 Å². The summed E-state index contributed by atoms with van der Waals surface area (Å²) in [6.07, 6.45) is 1.58. The standard InChI is InChI=1S/C24H20Cl2N2O3/c1-14-7-15(2)9-19(8-14)31-23-12-27-28-24(23)20-6-5-18(11-22(20)29)30-13-16-3-4-17(25)10-21(16)26/h3-12,29H,13H2,1-2H3,(H,27,28). The Bertz CT molecular complexity index is 1220. The number of hydrogen-bond acceptors (Lipinski definition) is 4. The van der Waals surface area contributed by atoms with Crippen LogP contribution in [0, 0.1) is 13.8 Å². The average molecular weight is 455 g/mol. The van der Waals surface area contributed by atoms with E-state index in [4.69, 9.17) is 32.7 Å².